The van der Waals surface area contributed by atoms with Crippen LogP contribution in [0.2, 0.25) is 0 Å². The highest BCUT2D eigenvalue weighted by Gasteiger charge is 2.55. The first kappa shape index (κ1) is 24.9. The van der Waals surface area contributed by atoms with E-state index in [4.69, 9.17) is 9.47 Å². The van der Waals surface area contributed by atoms with Gasteiger partial charge in [-0.2, -0.15) is 0 Å². The van der Waals surface area contributed by atoms with Crippen molar-refractivity contribution in [3.63, 3.8) is 0 Å². The van der Waals surface area contributed by atoms with Crippen LogP contribution >= 0.6 is 0 Å². The van der Waals surface area contributed by atoms with Gasteiger partial charge in [-0.25, -0.2) is 4.39 Å². The maximum Gasteiger partial charge on any atom is 0.241 e. The minimum Gasteiger partial charge on any atom is -0.496 e. The average molecular weight is 483 g/mol. The summed E-state index contributed by atoms with van der Waals surface area (Å²) in [7, 11) is 3.08. The van der Waals surface area contributed by atoms with Gasteiger partial charge in [0.1, 0.15) is 11.6 Å². The second kappa shape index (κ2) is 10.6. The van der Waals surface area contributed by atoms with E-state index in [0.717, 1.165) is 18.4 Å². The Morgan fingerprint density at radius 1 is 1.11 bits per heavy atom. The van der Waals surface area contributed by atoms with Crippen molar-refractivity contribution in [1.82, 2.24) is 9.80 Å². The molecule has 3 amide bonds. The molecule has 2 heterocycles. The summed E-state index contributed by atoms with van der Waals surface area (Å²) in [6.45, 7) is 1.20. The Balaban J connectivity index is 1.67. The molecule has 0 saturated carbocycles. The number of rotatable bonds is 9. The van der Waals surface area contributed by atoms with Gasteiger partial charge in [-0.1, -0.05) is 30.3 Å². The number of para-hydroxylation sites is 1. The van der Waals surface area contributed by atoms with E-state index in [9.17, 15) is 18.8 Å². The molecule has 35 heavy (non-hydrogen) atoms. The molecule has 0 N–H and O–H groups in total. The van der Waals surface area contributed by atoms with Gasteiger partial charge < -0.3 is 14.4 Å². The molecule has 2 atom stereocenters. The van der Waals surface area contributed by atoms with Crippen LogP contribution in [0.25, 0.3) is 0 Å². The Bertz CT molecular complexity index is 1090. The van der Waals surface area contributed by atoms with Crippen molar-refractivity contribution >= 4 is 17.7 Å². The topological polar surface area (TPSA) is 76.2 Å². The van der Waals surface area contributed by atoms with Crippen molar-refractivity contribution in [1.29, 1.82) is 0 Å². The lowest BCUT2D eigenvalue weighted by atomic mass is 9.75. The number of ether oxygens (including phenoxy) is 2. The summed E-state index contributed by atoms with van der Waals surface area (Å²) in [5, 5.41) is 0. The third-order valence-electron chi connectivity index (χ3n) is 7.04. The van der Waals surface area contributed by atoms with Gasteiger partial charge in [-0.3, -0.25) is 19.3 Å². The van der Waals surface area contributed by atoms with Gasteiger partial charge in [0.25, 0.3) is 0 Å². The summed E-state index contributed by atoms with van der Waals surface area (Å²) in [5.74, 6) is -0.752. The molecule has 0 radical (unpaired) electrons. The first-order valence-corrected chi connectivity index (χ1v) is 11.9. The molecule has 7 nitrogen and oxygen atoms in total. The van der Waals surface area contributed by atoms with Gasteiger partial charge in [-0.05, 0) is 43.0 Å². The number of likely N-dealkylation sites (tertiary alicyclic amines) is 2. The van der Waals surface area contributed by atoms with E-state index in [-0.39, 0.29) is 49.0 Å². The van der Waals surface area contributed by atoms with Crippen molar-refractivity contribution in [3.05, 3.63) is 65.5 Å². The molecule has 0 aromatic heterocycles. The smallest absolute Gasteiger partial charge is 0.241 e. The molecule has 0 bridgehead atoms. The molecule has 186 valence electrons. The number of nitrogens with zero attached hydrogens (tertiary/aromatic N) is 2. The zero-order valence-corrected chi connectivity index (χ0v) is 20.2. The normalized spacial score (nSPS) is 22.2. The molecule has 0 aliphatic carbocycles. The van der Waals surface area contributed by atoms with Crippen molar-refractivity contribution in [2.45, 2.75) is 43.6 Å². The Kier molecular flexibility index (Phi) is 7.50. The first-order chi connectivity index (χ1) is 16.9. The number of benzene rings is 2. The predicted molar refractivity (Wildman–Crippen MR) is 127 cm³/mol. The highest BCUT2D eigenvalue weighted by atomic mass is 19.1. The Hall–Kier alpha value is -3.26. The zero-order valence-electron chi connectivity index (χ0n) is 20.2. The van der Waals surface area contributed by atoms with Gasteiger partial charge in [-0.15, -0.1) is 0 Å². The fourth-order valence-corrected chi connectivity index (χ4v) is 5.33. The molecule has 0 spiro atoms. The van der Waals surface area contributed by atoms with E-state index in [1.165, 1.54) is 24.1 Å². The fraction of sp³-hybridized carbons (Fsp3) is 0.444. The molecule has 4 rings (SSSR count). The SMILES string of the molecule is COCCCN1C(=O)C[C@](CC(=O)N2CCC[C@@H]2c2ccc(F)cc2)(c2ccccc2OC)C1=O. The third-order valence-corrected chi connectivity index (χ3v) is 7.04. The van der Waals surface area contributed by atoms with Gasteiger partial charge in [0.05, 0.1) is 18.6 Å². The number of hydrogen-bond acceptors (Lipinski definition) is 5. The summed E-state index contributed by atoms with van der Waals surface area (Å²) in [4.78, 5) is 43.7. The second-order valence-electron chi connectivity index (χ2n) is 9.13. The minimum atomic E-state index is -1.34. The number of halogens is 1. The van der Waals surface area contributed by atoms with Crippen LogP contribution in [0.5, 0.6) is 5.75 Å². The Morgan fingerprint density at radius 3 is 2.57 bits per heavy atom. The number of hydrogen-bond donors (Lipinski definition) is 0. The van der Waals surface area contributed by atoms with Gasteiger partial charge >= 0.3 is 0 Å². The van der Waals surface area contributed by atoms with Crippen LogP contribution in [0.1, 0.15) is 49.3 Å². The van der Waals surface area contributed by atoms with Gasteiger partial charge in [0, 0.05) is 45.2 Å². The fourth-order valence-electron chi connectivity index (χ4n) is 5.33. The zero-order chi connectivity index (χ0) is 25.0. The average Bonchev–Trinajstić information content (AvgIpc) is 3.44. The van der Waals surface area contributed by atoms with E-state index >= 15 is 0 Å². The van der Waals surface area contributed by atoms with Crippen LogP contribution in [0.15, 0.2) is 48.5 Å². The molecule has 2 saturated heterocycles. The lowest BCUT2D eigenvalue weighted by Crippen LogP contribution is -2.44. The number of amides is 3. The van der Waals surface area contributed by atoms with Gasteiger partial charge in [0.15, 0.2) is 0 Å². The number of methoxy groups -OCH3 is 2. The maximum absolute atomic E-state index is 13.8. The summed E-state index contributed by atoms with van der Waals surface area (Å²) in [6.07, 6.45) is 1.85. The van der Waals surface area contributed by atoms with Gasteiger partial charge in [0.2, 0.25) is 17.7 Å². The van der Waals surface area contributed by atoms with Crippen LogP contribution < -0.4 is 4.74 Å². The molecule has 2 aromatic carbocycles. The minimum absolute atomic E-state index is 0.0972. The van der Waals surface area contributed by atoms with Crippen LogP contribution in [-0.4, -0.2) is 61.4 Å². The molecule has 2 aliphatic heterocycles. The molecular weight excluding hydrogens is 451 g/mol. The van der Waals surface area contributed by atoms with Crippen LogP contribution in [-0.2, 0) is 24.5 Å². The van der Waals surface area contributed by atoms with E-state index in [2.05, 4.69) is 0 Å². The quantitative estimate of drug-likeness (QED) is 0.403. The predicted octanol–water partition coefficient (Wildman–Crippen LogP) is 3.62. The second-order valence-corrected chi connectivity index (χ2v) is 9.13. The summed E-state index contributed by atoms with van der Waals surface area (Å²) >= 11 is 0. The van der Waals surface area contributed by atoms with E-state index < -0.39 is 5.41 Å². The lowest BCUT2D eigenvalue weighted by Gasteiger charge is -2.32. The highest BCUT2D eigenvalue weighted by molar-refractivity contribution is 6.11. The lowest BCUT2D eigenvalue weighted by molar-refractivity contribution is -0.143. The highest BCUT2D eigenvalue weighted by Crippen LogP contribution is 2.45. The first-order valence-electron chi connectivity index (χ1n) is 11.9. The van der Waals surface area contributed by atoms with Crippen molar-refractivity contribution in [3.8, 4) is 5.75 Å². The third kappa shape index (κ3) is 4.80. The molecule has 8 heteroatoms. The van der Waals surface area contributed by atoms with Crippen LogP contribution in [0.3, 0.4) is 0 Å². The summed E-state index contributed by atoms with van der Waals surface area (Å²) in [5.41, 5.74) is 0.0589. The maximum atomic E-state index is 13.8. The molecule has 2 aliphatic rings. The molecule has 2 fully saturated rings. The summed E-state index contributed by atoms with van der Waals surface area (Å²) < 4.78 is 24.1. The van der Waals surface area contributed by atoms with Crippen LogP contribution in [0, 0.1) is 5.82 Å². The summed E-state index contributed by atoms with van der Waals surface area (Å²) in [6, 6.07) is 13.1. The van der Waals surface area contributed by atoms with Crippen molar-refractivity contribution in [2.75, 3.05) is 33.9 Å². The van der Waals surface area contributed by atoms with Crippen molar-refractivity contribution in [2.24, 2.45) is 0 Å². The number of carbonyl (C=O) groups is 3. The number of imide groups is 1. The number of carbonyl (C=O) groups excluding carboxylic acids is 3. The van der Waals surface area contributed by atoms with Crippen molar-refractivity contribution < 1.29 is 28.2 Å². The Morgan fingerprint density at radius 2 is 1.86 bits per heavy atom. The molecular formula is C27H31FN2O5. The Labute approximate surface area is 204 Å². The molecule has 2 aromatic rings. The standard InChI is InChI=1S/C27H31FN2O5/c1-34-16-6-15-30-25(32)18-27(26(30)33,21-7-3-4-9-23(21)35-2)17-24(31)29-14-5-8-22(29)19-10-12-20(28)13-11-19/h3-4,7,9-13,22H,5-6,8,14-18H2,1-2H3/t22-,27-/m1/s1. The van der Waals surface area contributed by atoms with E-state index in [1.807, 2.05) is 0 Å². The molecule has 0 unspecified atom stereocenters. The largest absolute Gasteiger partial charge is 0.496 e. The van der Waals surface area contributed by atoms with E-state index in [1.54, 1.807) is 48.4 Å². The monoisotopic (exact) mass is 482 g/mol. The van der Waals surface area contributed by atoms with Crippen LogP contribution in [0.4, 0.5) is 4.39 Å². The van der Waals surface area contributed by atoms with E-state index in [0.29, 0.717) is 30.9 Å².